The van der Waals surface area contributed by atoms with Crippen molar-refractivity contribution in [3.8, 4) is 5.75 Å². The molecule has 6 nitrogen and oxygen atoms in total. The summed E-state index contributed by atoms with van der Waals surface area (Å²) in [5, 5.41) is 3.47. The maximum Gasteiger partial charge on any atom is 0.262 e. The fourth-order valence-corrected chi connectivity index (χ4v) is 4.46. The predicted molar refractivity (Wildman–Crippen MR) is 103 cm³/mol. The van der Waals surface area contributed by atoms with Crippen LogP contribution >= 0.6 is 23.2 Å². The topological polar surface area (TPSA) is 75.7 Å². The number of amides is 1. The molecule has 9 heteroatoms. The quantitative estimate of drug-likeness (QED) is 0.811. The van der Waals surface area contributed by atoms with Crippen molar-refractivity contribution in [2.75, 3.05) is 28.5 Å². The Morgan fingerprint density at radius 1 is 1.15 bits per heavy atom. The summed E-state index contributed by atoms with van der Waals surface area (Å²) in [6, 6.07) is 11.4. The van der Waals surface area contributed by atoms with E-state index in [1.54, 1.807) is 36.4 Å². The lowest BCUT2D eigenvalue weighted by molar-refractivity contribution is -0.118. The zero-order chi connectivity index (χ0) is 18.7. The van der Waals surface area contributed by atoms with E-state index >= 15 is 0 Å². The van der Waals surface area contributed by atoms with E-state index < -0.39 is 10.0 Å². The lowest BCUT2D eigenvalue weighted by atomic mass is 10.2. The molecule has 2 aromatic rings. The van der Waals surface area contributed by atoms with E-state index in [-0.39, 0.29) is 23.3 Å². The van der Waals surface area contributed by atoms with Crippen molar-refractivity contribution in [2.45, 2.75) is 6.42 Å². The Balaban J connectivity index is 1.62. The highest BCUT2D eigenvalue weighted by Gasteiger charge is 2.28. The Kier molecular flexibility index (Phi) is 5.60. The molecule has 26 heavy (non-hydrogen) atoms. The Hall–Kier alpha value is -1.96. The number of sulfonamides is 1. The summed E-state index contributed by atoms with van der Waals surface area (Å²) in [6.45, 7) is 0.236. The lowest BCUT2D eigenvalue weighted by Gasteiger charge is -2.18. The van der Waals surface area contributed by atoms with Gasteiger partial charge in [0.2, 0.25) is 10.0 Å². The minimum atomic E-state index is -3.28. The average molecular weight is 415 g/mol. The molecule has 2 aromatic carbocycles. The second kappa shape index (κ2) is 7.73. The van der Waals surface area contributed by atoms with Crippen LogP contribution in [0.3, 0.4) is 0 Å². The molecule has 3 rings (SSSR count). The maximum atomic E-state index is 12.0. The standard InChI is InChI=1S/C17H16Cl2N2O4S/c18-12-2-5-14(6-3-12)25-11-17(22)20-16-7-4-13(10-15(16)19)21-8-1-9-26(21,23)24/h2-7,10H,1,8-9,11H2,(H,20,22). The molecule has 1 amide bonds. The predicted octanol–water partition coefficient (Wildman–Crippen LogP) is 3.55. The molecule has 1 heterocycles. The van der Waals surface area contributed by atoms with E-state index in [2.05, 4.69) is 5.32 Å². The summed E-state index contributed by atoms with van der Waals surface area (Å²) in [7, 11) is -3.28. The maximum absolute atomic E-state index is 12.0. The molecule has 0 aromatic heterocycles. The third-order valence-corrected chi connectivity index (χ3v) is 6.23. The fourth-order valence-electron chi connectivity index (χ4n) is 2.56. The van der Waals surface area contributed by atoms with Crippen molar-refractivity contribution in [1.82, 2.24) is 0 Å². The molecule has 1 aliphatic rings. The number of ether oxygens (including phenoxy) is 1. The number of carbonyl (C=O) groups is 1. The van der Waals surface area contributed by atoms with Gasteiger partial charge in [0.1, 0.15) is 5.75 Å². The monoisotopic (exact) mass is 414 g/mol. The summed E-state index contributed by atoms with van der Waals surface area (Å²) >= 11 is 12.0. The summed E-state index contributed by atoms with van der Waals surface area (Å²) < 4.78 is 30.6. The Morgan fingerprint density at radius 2 is 1.88 bits per heavy atom. The second-order valence-electron chi connectivity index (χ2n) is 5.70. The molecule has 0 bridgehead atoms. The van der Waals surface area contributed by atoms with Crippen molar-refractivity contribution >= 4 is 50.5 Å². The molecule has 0 unspecified atom stereocenters. The zero-order valence-electron chi connectivity index (χ0n) is 13.6. The van der Waals surface area contributed by atoms with Crippen molar-refractivity contribution in [3.63, 3.8) is 0 Å². The van der Waals surface area contributed by atoms with Crippen LogP contribution in [-0.2, 0) is 14.8 Å². The number of nitrogens with one attached hydrogen (secondary N) is 1. The van der Waals surface area contributed by atoms with Crippen LogP contribution in [0.2, 0.25) is 10.0 Å². The van der Waals surface area contributed by atoms with Crippen LogP contribution in [0, 0.1) is 0 Å². The molecule has 1 aliphatic heterocycles. The van der Waals surface area contributed by atoms with Crippen LogP contribution in [-0.4, -0.2) is 33.2 Å². The van der Waals surface area contributed by atoms with Crippen molar-refractivity contribution in [1.29, 1.82) is 0 Å². The van der Waals surface area contributed by atoms with Crippen LogP contribution in [0.25, 0.3) is 0 Å². The first-order valence-corrected chi connectivity index (χ1v) is 10.2. The molecule has 1 N–H and O–H groups in total. The zero-order valence-corrected chi connectivity index (χ0v) is 15.9. The smallest absolute Gasteiger partial charge is 0.262 e. The first-order chi connectivity index (χ1) is 12.3. The molecular formula is C17H16Cl2N2O4S. The van der Waals surface area contributed by atoms with Gasteiger partial charge in [0.25, 0.3) is 5.91 Å². The number of benzene rings is 2. The minimum absolute atomic E-state index is 0.130. The Labute approximate surface area is 161 Å². The third kappa shape index (κ3) is 4.41. The summed E-state index contributed by atoms with van der Waals surface area (Å²) in [6.07, 6.45) is 0.584. The fraction of sp³-hybridized carbons (Fsp3) is 0.235. The van der Waals surface area contributed by atoms with Gasteiger partial charge in [-0.15, -0.1) is 0 Å². The van der Waals surface area contributed by atoms with E-state index in [0.717, 1.165) is 0 Å². The van der Waals surface area contributed by atoms with Gasteiger partial charge in [0, 0.05) is 11.6 Å². The second-order valence-corrected chi connectivity index (χ2v) is 8.55. The molecule has 0 aliphatic carbocycles. The SMILES string of the molecule is O=C(COc1ccc(Cl)cc1)Nc1ccc(N2CCCS2(=O)=O)cc1Cl. The summed E-state index contributed by atoms with van der Waals surface area (Å²) in [5.41, 5.74) is 0.875. The number of carbonyl (C=O) groups excluding carboxylic acids is 1. The number of nitrogens with zero attached hydrogens (tertiary/aromatic N) is 1. The normalized spacial score (nSPS) is 15.7. The van der Waals surface area contributed by atoms with Gasteiger partial charge < -0.3 is 10.1 Å². The van der Waals surface area contributed by atoms with E-state index in [9.17, 15) is 13.2 Å². The van der Waals surface area contributed by atoms with E-state index in [1.165, 1.54) is 10.4 Å². The van der Waals surface area contributed by atoms with Crippen LogP contribution in [0.1, 0.15) is 6.42 Å². The van der Waals surface area contributed by atoms with Gasteiger partial charge in [-0.05, 0) is 48.9 Å². The molecule has 1 saturated heterocycles. The van der Waals surface area contributed by atoms with Crippen molar-refractivity contribution in [2.24, 2.45) is 0 Å². The van der Waals surface area contributed by atoms with E-state index in [0.29, 0.717) is 35.1 Å². The molecular weight excluding hydrogens is 399 g/mol. The Bertz CT molecular complexity index is 917. The van der Waals surface area contributed by atoms with Crippen LogP contribution in [0.15, 0.2) is 42.5 Å². The third-order valence-electron chi connectivity index (χ3n) is 3.80. The number of hydrogen-bond acceptors (Lipinski definition) is 4. The van der Waals surface area contributed by atoms with Crippen LogP contribution in [0.4, 0.5) is 11.4 Å². The average Bonchev–Trinajstić information content (AvgIpc) is 2.95. The highest BCUT2D eigenvalue weighted by molar-refractivity contribution is 7.93. The highest BCUT2D eigenvalue weighted by atomic mass is 35.5. The molecule has 138 valence electrons. The van der Waals surface area contributed by atoms with Gasteiger partial charge in [-0.3, -0.25) is 9.10 Å². The van der Waals surface area contributed by atoms with Crippen molar-refractivity contribution < 1.29 is 17.9 Å². The van der Waals surface area contributed by atoms with Crippen LogP contribution < -0.4 is 14.4 Å². The van der Waals surface area contributed by atoms with E-state index in [4.69, 9.17) is 27.9 Å². The van der Waals surface area contributed by atoms with Gasteiger partial charge in [0.05, 0.1) is 22.2 Å². The van der Waals surface area contributed by atoms with E-state index in [1.807, 2.05) is 0 Å². The van der Waals surface area contributed by atoms with Gasteiger partial charge in [-0.1, -0.05) is 23.2 Å². The van der Waals surface area contributed by atoms with Crippen molar-refractivity contribution in [3.05, 3.63) is 52.5 Å². The van der Waals surface area contributed by atoms with Gasteiger partial charge in [-0.25, -0.2) is 8.42 Å². The largest absolute Gasteiger partial charge is 0.484 e. The molecule has 0 atom stereocenters. The molecule has 1 fully saturated rings. The number of anilines is 2. The Morgan fingerprint density at radius 3 is 2.50 bits per heavy atom. The number of rotatable bonds is 5. The molecule has 0 radical (unpaired) electrons. The molecule has 0 saturated carbocycles. The summed E-state index contributed by atoms with van der Waals surface area (Å²) in [4.78, 5) is 12.0. The first-order valence-electron chi connectivity index (χ1n) is 7.83. The lowest BCUT2D eigenvalue weighted by Crippen LogP contribution is -2.25. The minimum Gasteiger partial charge on any atom is -0.484 e. The van der Waals surface area contributed by atoms with Gasteiger partial charge in [0.15, 0.2) is 6.61 Å². The van der Waals surface area contributed by atoms with Gasteiger partial charge in [-0.2, -0.15) is 0 Å². The highest BCUT2D eigenvalue weighted by Crippen LogP contribution is 2.31. The number of hydrogen-bond donors (Lipinski definition) is 1. The molecule has 0 spiro atoms. The first kappa shape index (κ1) is 18.8. The van der Waals surface area contributed by atoms with Gasteiger partial charge >= 0.3 is 0 Å². The number of halogens is 2. The van der Waals surface area contributed by atoms with Crippen LogP contribution in [0.5, 0.6) is 5.75 Å². The summed E-state index contributed by atoms with van der Waals surface area (Å²) in [5.74, 6) is 0.263.